The number of carbonyl (C=O) groups is 1. The summed E-state index contributed by atoms with van der Waals surface area (Å²) < 4.78 is 0. The van der Waals surface area contributed by atoms with Crippen molar-refractivity contribution in [3.8, 4) is 0 Å². The van der Waals surface area contributed by atoms with Crippen LogP contribution in [0.25, 0.3) is 0 Å². The molecule has 3 nitrogen and oxygen atoms in total. The quantitative estimate of drug-likeness (QED) is 0.605. The van der Waals surface area contributed by atoms with Gasteiger partial charge in [0.15, 0.2) is 0 Å². The number of thioether (sulfide) groups is 1. The van der Waals surface area contributed by atoms with Crippen molar-refractivity contribution in [2.45, 2.75) is 30.5 Å². The topological polar surface area (TPSA) is 42.0 Å². The summed E-state index contributed by atoms with van der Waals surface area (Å²) in [5, 5.41) is 6.23. The van der Waals surface area contributed by atoms with E-state index in [1.807, 2.05) is 68.4 Å². The molecular weight excluding hydrogens is 348 g/mol. The van der Waals surface area contributed by atoms with Gasteiger partial charge in [0.2, 0.25) is 0 Å². The van der Waals surface area contributed by atoms with Crippen LogP contribution in [0.5, 0.6) is 0 Å². The smallest absolute Gasteiger partial charge is 0.252 e. The number of nitrogens with one attached hydrogen (secondary N) is 1. The van der Waals surface area contributed by atoms with E-state index in [1.165, 1.54) is 0 Å². The predicted octanol–water partition coefficient (Wildman–Crippen LogP) is 5.23. The number of nitrogens with zero attached hydrogens (tertiary/aromatic N) is 1. The molecule has 0 saturated carbocycles. The van der Waals surface area contributed by atoms with E-state index >= 15 is 0 Å². The summed E-state index contributed by atoms with van der Waals surface area (Å²) in [6.07, 6.45) is 0. The van der Waals surface area contributed by atoms with E-state index in [4.69, 9.17) is 0 Å². The van der Waals surface area contributed by atoms with Gasteiger partial charge in [-0.05, 0) is 31.5 Å². The zero-order valence-electron chi connectivity index (χ0n) is 14.2. The predicted molar refractivity (Wildman–Crippen MR) is 105 cm³/mol. The van der Waals surface area contributed by atoms with Crippen molar-refractivity contribution in [3.63, 3.8) is 0 Å². The Bertz CT molecular complexity index is 846. The van der Waals surface area contributed by atoms with Gasteiger partial charge in [0.25, 0.3) is 5.91 Å². The van der Waals surface area contributed by atoms with Gasteiger partial charge in [-0.2, -0.15) is 0 Å². The molecular formula is C20H20N2OS2. The van der Waals surface area contributed by atoms with Gasteiger partial charge in [0.05, 0.1) is 22.3 Å². The highest BCUT2D eigenvalue weighted by atomic mass is 32.2. The molecule has 0 aliphatic carbocycles. The molecule has 0 radical (unpaired) electrons. The fourth-order valence-electron chi connectivity index (χ4n) is 2.51. The van der Waals surface area contributed by atoms with Crippen LogP contribution in [0.15, 0.2) is 64.9 Å². The molecule has 0 saturated heterocycles. The molecule has 1 N–H and O–H groups in total. The van der Waals surface area contributed by atoms with Crippen molar-refractivity contribution in [1.29, 1.82) is 0 Å². The number of hydrogen-bond acceptors (Lipinski definition) is 4. The maximum atomic E-state index is 12.7. The Morgan fingerprint density at radius 2 is 1.88 bits per heavy atom. The van der Waals surface area contributed by atoms with Crippen molar-refractivity contribution in [3.05, 3.63) is 81.8 Å². The molecule has 128 valence electrons. The largest absolute Gasteiger partial charge is 0.345 e. The number of hydrogen-bond donors (Lipinski definition) is 1. The first-order valence-electron chi connectivity index (χ1n) is 8.12. The van der Waals surface area contributed by atoms with E-state index in [0.717, 1.165) is 26.9 Å². The van der Waals surface area contributed by atoms with Crippen molar-refractivity contribution in [1.82, 2.24) is 10.3 Å². The van der Waals surface area contributed by atoms with Gasteiger partial charge < -0.3 is 5.32 Å². The molecule has 3 aromatic rings. The van der Waals surface area contributed by atoms with Gasteiger partial charge in [0, 0.05) is 16.0 Å². The molecule has 0 spiro atoms. The minimum atomic E-state index is -0.0473. The van der Waals surface area contributed by atoms with Crippen LogP contribution in [-0.2, 0) is 5.75 Å². The third-order valence-corrected chi connectivity index (χ3v) is 5.75. The van der Waals surface area contributed by atoms with Crippen LogP contribution in [0, 0.1) is 6.92 Å². The van der Waals surface area contributed by atoms with E-state index in [0.29, 0.717) is 5.56 Å². The molecule has 25 heavy (non-hydrogen) atoms. The van der Waals surface area contributed by atoms with E-state index in [9.17, 15) is 4.79 Å². The summed E-state index contributed by atoms with van der Waals surface area (Å²) in [4.78, 5) is 18.2. The van der Waals surface area contributed by atoms with Gasteiger partial charge in [0.1, 0.15) is 0 Å². The Hall–Kier alpha value is -2.11. The highest BCUT2D eigenvalue weighted by Gasteiger charge is 2.15. The number of rotatable bonds is 6. The molecule has 0 fully saturated rings. The van der Waals surface area contributed by atoms with Crippen LogP contribution >= 0.6 is 23.1 Å². The Balaban J connectivity index is 1.70. The maximum absolute atomic E-state index is 12.7. The molecule has 1 atom stereocenters. The summed E-state index contributed by atoms with van der Waals surface area (Å²) in [7, 11) is 0. The highest BCUT2D eigenvalue weighted by Crippen LogP contribution is 2.27. The lowest BCUT2D eigenvalue weighted by Crippen LogP contribution is -2.27. The molecule has 0 aliphatic heterocycles. The molecule has 5 heteroatoms. The van der Waals surface area contributed by atoms with E-state index in [-0.39, 0.29) is 11.9 Å². The zero-order valence-corrected chi connectivity index (χ0v) is 15.9. The standard InChI is InChI=1S/C20H20N2OS2/c1-14(16-8-4-3-5-9-16)21-20(23)18-10-6-7-11-19(18)25-13-17-12-24-15(2)22-17/h3-12,14H,13H2,1-2H3,(H,21,23). The summed E-state index contributed by atoms with van der Waals surface area (Å²) in [6, 6.07) is 17.7. The van der Waals surface area contributed by atoms with Crippen molar-refractivity contribution in [2.24, 2.45) is 0 Å². The Morgan fingerprint density at radius 3 is 2.60 bits per heavy atom. The van der Waals surface area contributed by atoms with Gasteiger partial charge in [-0.15, -0.1) is 23.1 Å². The SMILES string of the molecule is Cc1nc(CSc2ccccc2C(=O)NC(C)c2ccccc2)cs1. The lowest BCUT2D eigenvalue weighted by Gasteiger charge is -2.16. The van der Waals surface area contributed by atoms with Gasteiger partial charge in [-0.25, -0.2) is 4.98 Å². The Kier molecular flexibility index (Phi) is 5.89. The molecule has 1 heterocycles. The van der Waals surface area contributed by atoms with Crippen LogP contribution in [0.1, 0.15) is 39.6 Å². The second-order valence-electron chi connectivity index (χ2n) is 5.75. The normalized spacial score (nSPS) is 11.9. The van der Waals surface area contributed by atoms with Crippen LogP contribution in [0.4, 0.5) is 0 Å². The van der Waals surface area contributed by atoms with Gasteiger partial charge in [-0.1, -0.05) is 42.5 Å². The van der Waals surface area contributed by atoms with E-state index in [1.54, 1.807) is 23.1 Å². The van der Waals surface area contributed by atoms with Crippen molar-refractivity contribution >= 4 is 29.0 Å². The first-order chi connectivity index (χ1) is 12.1. The number of aromatic nitrogens is 1. The summed E-state index contributed by atoms with van der Waals surface area (Å²) in [6.45, 7) is 4.01. The number of amides is 1. The Morgan fingerprint density at radius 1 is 1.16 bits per heavy atom. The Labute approximate surface area is 156 Å². The summed E-state index contributed by atoms with van der Waals surface area (Å²) in [5.74, 6) is 0.719. The van der Waals surface area contributed by atoms with Crippen molar-refractivity contribution < 1.29 is 4.79 Å². The van der Waals surface area contributed by atoms with Crippen LogP contribution in [-0.4, -0.2) is 10.9 Å². The fraction of sp³-hybridized carbons (Fsp3) is 0.200. The monoisotopic (exact) mass is 368 g/mol. The first-order valence-corrected chi connectivity index (χ1v) is 9.98. The van der Waals surface area contributed by atoms with Crippen LogP contribution in [0.3, 0.4) is 0 Å². The maximum Gasteiger partial charge on any atom is 0.252 e. The number of thiazole rings is 1. The summed E-state index contributed by atoms with van der Waals surface area (Å²) >= 11 is 3.30. The first kappa shape index (κ1) is 17.7. The molecule has 1 aromatic heterocycles. The summed E-state index contributed by atoms with van der Waals surface area (Å²) in [5.41, 5.74) is 2.86. The molecule has 2 aromatic carbocycles. The van der Waals surface area contributed by atoms with Gasteiger partial charge >= 0.3 is 0 Å². The van der Waals surface area contributed by atoms with Gasteiger partial charge in [-0.3, -0.25) is 4.79 Å². The number of benzene rings is 2. The number of aryl methyl sites for hydroxylation is 1. The van der Waals surface area contributed by atoms with E-state index in [2.05, 4.69) is 15.7 Å². The molecule has 1 amide bonds. The minimum absolute atomic E-state index is 0.0343. The molecule has 0 aliphatic rings. The molecule has 1 unspecified atom stereocenters. The van der Waals surface area contributed by atoms with Crippen LogP contribution < -0.4 is 5.32 Å². The van der Waals surface area contributed by atoms with Crippen LogP contribution in [0.2, 0.25) is 0 Å². The van der Waals surface area contributed by atoms with Crippen molar-refractivity contribution in [2.75, 3.05) is 0 Å². The zero-order chi connectivity index (χ0) is 17.6. The lowest BCUT2D eigenvalue weighted by molar-refractivity contribution is 0.0937. The second-order valence-corrected chi connectivity index (χ2v) is 7.83. The second kappa shape index (κ2) is 8.32. The molecule has 3 rings (SSSR count). The highest BCUT2D eigenvalue weighted by molar-refractivity contribution is 7.98. The average Bonchev–Trinajstić information content (AvgIpc) is 3.06. The molecule has 0 bridgehead atoms. The van der Waals surface area contributed by atoms with E-state index < -0.39 is 0 Å². The fourth-order valence-corrected chi connectivity index (χ4v) is 4.17. The third kappa shape index (κ3) is 4.71. The number of carbonyl (C=O) groups excluding carboxylic acids is 1. The third-order valence-electron chi connectivity index (χ3n) is 3.82. The minimum Gasteiger partial charge on any atom is -0.345 e. The lowest BCUT2D eigenvalue weighted by atomic mass is 10.1. The average molecular weight is 369 g/mol.